The van der Waals surface area contributed by atoms with Crippen LogP contribution in [-0.2, 0) is 4.79 Å². The van der Waals surface area contributed by atoms with Gasteiger partial charge in [-0.3, -0.25) is 4.79 Å². The SMILES string of the molecule is CSCC[C@H](NC(=O)Nc1ccc(C(C)=O)cc1)C(=O)O. The van der Waals surface area contributed by atoms with E-state index in [-0.39, 0.29) is 5.78 Å². The number of Topliss-reactive ketones (excluding diaryl/α,β-unsaturated/α-hetero) is 1. The van der Waals surface area contributed by atoms with E-state index < -0.39 is 18.0 Å². The van der Waals surface area contributed by atoms with Crippen LogP contribution in [0.25, 0.3) is 0 Å². The summed E-state index contributed by atoms with van der Waals surface area (Å²) in [4.78, 5) is 33.9. The van der Waals surface area contributed by atoms with Crippen LogP contribution in [0, 0.1) is 0 Å². The Hall–Kier alpha value is -2.02. The first-order valence-electron chi connectivity index (χ1n) is 6.34. The maximum Gasteiger partial charge on any atom is 0.326 e. The van der Waals surface area contributed by atoms with Crippen molar-refractivity contribution in [2.75, 3.05) is 17.3 Å². The van der Waals surface area contributed by atoms with Crippen molar-refractivity contribution in [1.29, 1.82) is 0 Å². The van der Waals surface area contributed by atoms with E-state index in [0.717, 1.165) is 0 Å². The van der Waals surface area contributed by atoms with Gasteiger partial charge in [0.15, 0.2) is 5.78 Å². The quantitative estimate of drug-likeness (QED) is 0.671. The van der Waals surface area contributed by atoms with E-state index >= 15 is 0 Å². The number of aliphatic carboxylic acids is 1. The van der Waals surface area contributed by atoms with Crippen LogP contribution in [-0.4, -0.2) is 40.9 Å². The molecule has 0 bridgehead atoms. The van der Waals surface area contributed by atoms with E-state index in [9.17, 15) is 14.4 Å². The standard InChI is InChI=1S/C14H18N2O4S/c1-9(17)10-3-5-11(6-4-10)15-14(20)16-12(13(18)19)7-8-21-2/h3-6,12H,7-8H2,1-2H3,(H,18,19)(H2,15,16,20)/t12-/m0/s1. The second-order valence-corrected chi connectivity index (χ2v) is 5.39. The van der Waals surface area contributed by atoms with Crippen LogP contribution in [0.2, 0.25) is 0 Å². The van der Waals surface area contributed by atoms with Gasteiger partial charge in [0.2, 0.25) is 0 Å². The number of benzene rings is 1. The number of anilines is 1. The zero-order chi connectivity index (χ0) is 15.8. The largest absolute Gasteiger partial charge is 0.480 e. The molecule has 2 amide bonds. The summed E-state index contributed by atoms with van der Waals surface area (Å²) < 4.78 is 0. The Morgan fingerprint density at radius 3 is 2.33 bits per heavy atom. The summed E-state index contributed by atoms with van der Waals surface area (Å²) in [6.45, 7) is 1.46. The molecule has 1 atom stereocenters. The number of carbonyl (C=O) groups is 3. The van der Waals surface area contributed by atoms with Gasteiger partial charge < -0.3 is 15.7 Å². The van der Waals surface area contributed by atoms with Crippen molar-refractivity contribution in [3.05, 3.63) is 29.8 Å². The molecule has 0 radical (unpaired) electrons. The fraction of sp³-hybridized carbons (Fsp3) is 0.357. The lowest BCUT2D eigenvalue weighted by Crippen LogP contribution is -2.43. The van der Waals surface area contributed by atoms with Gasteiger partial charge in [-0.1, -0.05) is 0 Å². The topological polar surface area (TPSA) is 95.5 Å². The summed E-state index contributed by atoms with van der Waals surface area (Å²) in [5.74, 6) is -0.481. The van der Waals surface area contributed by atoms with Crippen LogP contribution in [0.15, 0.2) is 24.3 Å². The number of ketones is 1. The fourth-order valence-electron chi connectivity index (χ4n) is 1.61. The summed E-state index contributed by atoms with van der Waals surface area (Å²) >= 11 is 1.52. The Labute approximate surface area is 127 Å². The average molecular weight is 310 g/mol. The van der Waals surface area contributed by atoms with Gasteiger partial charge >= 0.3 is 12.0 Å². The maximum atomic E-state index is 11.7. The van der Waals surface area contributed by atoms with Crippen LogP contribution < -0.4 is 10.6 Å². The van der Waals surface area contributed by atoms with E-state index in [1.165, 1.54) is 18.7 Å². The molecule has 114 valence electrons. The number of hydrogen-bond acceptors (Lipinski definition) is 4. The molecule has 0 aliphatic heterocycles. The van der Waals surface area contributed by atoms with Crippen molar-refractivity contribution in [2.45, 2.75) is 19.4 Å². The van der Waals surface area contributed by atoms with Gasteiger partial charge in [0.05, 0.1) is 0 Å². The summed E-state index contributed by atoms with van der Waals surface area (Å²) in [5, 5.41) is 14.0. The smallest absolute Gasteiger partial charge is 0.326 e. The van der Waals surface area contributed by atoms with E-state index in [1.54, 1.807) is 24.3 Å². The maximum absolute atomic E-state index is 11.7. The molecule has 0 fully saturated rings. The van der Waals surface area contributed by atoms with Crippen molar-refractivity contribution >= 4 is 35.2 Å². The van der Waals surface area contributed by atoms with Crippen LogP contribution >= 0.6 is 11.8 Å². The molecule has 1 aromatic carbocycles. The number of nitrogens with one attached hydrogen (secondary N) is 2. The molecule has 0 spiro atoms. The number of thioether (sulfide) groups is 1. The summed E-state index contributed by atoms with van der Waals surface area (Å²) in [6, 6.07) is 4.87. The van der Waals surface area contributed by atoms with Crippen molar-refractivity contribution < 1.29 is 19.5 Å². The minimum atomic E-state index is -1.06. The summed E-state index contributed by atoms with van der Waals surface area (Å²) in [6.07, 6.45) is 2.22. The Balaban J connectivity index is 2.59. The third-order valence-corrected chi connectivity index (χ3v) is 3.41. The molecule has 0 saturated carbocycles. The molecule has 0 aliphatic carbocycles. The number of carboxylic acid groups (broad SMARTS) is 1. The third-order valence-electron chi connectivity index (χ3n) is 2.76. The molecule has 0 aromatic heterocycles. The van der Waals surface area contributed by atoms with Crippen molar-refractivity contribution in [3.63, 3.8) is 0 Å². The van der Waals surface area contributed by atoms with Gasteiger partial charge in [0.25, 0.3) is 0 Å². The number of urea groups is 1. The number of amides is 2. The molecule has 3 N–H and O–H groups in total. The van der Waals surface area contributed by atoms with E-state index in [4.69, 9.17) is 5.11 Å². The molecular weight excluding hydrogens is 292 g/mol. The van der Waals surface area contributed by atoms with Crippen LogP contribution in [0.4, 0.5) is 10.5 Å². The first kappa shape index (κ1) is 17.0. The second-order valence-electron chi connectivity index (χ2n) is 4.40. The normalized spacial score (nSPS) is 11.5. The highest BCUT2D eigenvalue weighted by molar-refractivity contribution is 7.98. The average Bonchev–Trinajstić information content (AvgIpc) is 2.43. The van der Waals surface area contributed by atoms with Crippen molar-refractivity contribution in [2.24, 2.45) is 0 Å². The highest BCUT2D eigenvalue weighted by Crippen LogP contribution is 2.10. The zero-order valence-corrected chi connectivity index (χ0v) is 12.7. The summed E-state index contributed by atoms with van der Waals surface area (Å²) in [7, 11) is 0. The van der Waals surface area contributed by atoms with Gasteiger partial charge in [0, 0.05) is 11.3 Å². The number of rotatable bonds is 7. The van der Waals surface area contributed by atoms with Crippen molar-refractivity contribution in [3.8, 4) is 0 Å². The first-order chi connectivity index (χ1) is 9.93. The van der Waals surface area contributed by atoms with Crippen LogP contribution in [0.3, 0.4) is 0 Å². The number of carboxylic acids is 1. The lowest BCUT2D eigenvalue weighted by Gasteiger charge is -2.14. The summed E-state index contributed by atoms with van der Waals surface area (Å²) in [5.41, 5.74) is 1.04. The van der Waals surface area contributed by atoms with Crippen LogP contribution in [0.5, 0.6) is 0 Å². The molecule has 0 aliphatic rings. The predicted molar refractivity (Wildman–Crippen MR) is 83.0 cm³/mol. The van der Waals surface area contributed by atoms with Crippen molar-refractivity contribution in [1.82, 2.24) is 5.32 Å². The minimum Gasteiger partial charge on any atom is -0.480 e. The molecule has 7 heteroatoms. The predicted octanol–water partition coefficient (Wildman–Crippen LogP) is 2.22. The Morgan fingerprint density at radius 1 is 1.24 bits per heavy atom. The van der Waals surface area contributed by atoms with Gasteiger partial charge in [0.1, 0.15) is 6.04 Å². The van der Waals surface area contributed by atoms with Gasteiger partial charge in [-0.2, -0.15) is 11.8 Å². The van der Waals surface area contributed by atoms with E-state index in [2.05, 4.69) is 10.6 Å². The number of hydrogen-bond donors (Lipinski definition) is 3. The number of carbonyl (C=O) groups excluding carboxylic acids is 2. The lowest BCUT2D eigenvalue weighted by atomic mass is 10.1. The Bertz CT molecular complexity index is 516. The molecule has 1 aromatic rings. The molecule has 1 rings (SSSR count). The Kier molecular flexibility index (Phi) is 6.74. The van der Waals surface area contributed by atoms with E-state index in [0.29, 0.717) is 23.4 Å². The molecule has 0 heterocycles. The Morgan fingerprint density at radius 2 is 1.86 bits per heavy atom. The monoisotopic (exact) mass is 310 g/mol. The highest BCUT2D eigenvalue weighted by atomic mass is 32.2. The molecule has 6 nitrogen and oxygen atoms in total. The molecular formula is C14H18N2O4S. The lowest BCUT2D eigenvalue weighted by molar-refractivity contribution is -0.139. The molecule has 0 saturated heterocycles. The van der Waals surface area contributed by atoms with Crippen LogP contribution in [0.1, 0.15) is 23.7 Å². The zero-order valence-electron chi connectivity index (χ0n) is 11.9. The molecule has 21 heavy (non-hydrogen) atoms. The second kappa shape index (κ2) is 8.31. The van der Waals surface area contributed by atoms with Gasteiger partial charge in [-0.05, 0) is 49.6 Å². The van der Waals surface area contributed by atoms with Gasteiger partial charge in [-0.25, -0.2) is 9.59 Å². The fourth-order valence-corrected chi connectivity index (χ4v) is 2.08. The highest BCUT2D eigenvalue weighted by Gasteiger charge is 2.19. The molecule has 0 unspecified atom stereocenters. The third kappa shape index (κ3) is 5.86. The van der Waals surface area contributed by atoms with E-state index in [1.807, 2.05) is 6.26 Å². The first-order valence-corrected chi connectivity index (χ1v) is 7.73. The minimum absolute atomic E-state index is 0.0611. The van der Waals surface area contributed by atoms with Gasteiger partial charge in [-0.15, -0.1) is 0 Å².